The minimum Gasteiger partial charge on any atom is -0.456 e. The molecule has 0 amide bonds. The summed E-state index contributed by atoms with van der Waals surface area (Å²) in [4.78, 5) is 32.9. The van der Waals surface area contributed by atoms with Gasteiger partial charge in [-0.1, -0.05) is 49.1 Å². The molecule has 20 heavy (non-hydrogen) atoms. The third kappa shape index (κ3) is 4.49. The molecule has 0 spiro atoms. The van der Waals surface area contributed by atoms with E-state index in [0.29, 0.717) is 5.56 Å². The predicted molar refractivity (Wildman–Crippen MR) is 72.4 cm³/mol. The van der Waals surface area contributed by atoms with Gasteiger partial charge in [0.15, 0.2) is 0 Å². The van der Waals surface area contributed by atoms with Gasteiger partial charge in [-0.05, 0) is 11.6 Å². The van der Waals surface area contributed by atoms with Gasteiger partial charge in [-0.2, -0.15) is 0 Å². The van der Waals surface area contributed by atoms with Gasteiger partial charge in [0.2, 0.25) is 5.78 Å². The van der Waals surface area contributed by atoms with E-state index < -0.39 is 22.7 Å². The molecule has 0 N–H and O–H groups in total. The van der Waals surface area contributed by atoms with Crippen molar-refractivity contribution in [1.29, 1.82) is 0 Å². The molecule has 0 aliphatic heterocycles. The highest BCUT2D eigenvalue weighted by Crippen LogP contribution is 2.04. The molecule has 0 aliphatic carbocycles. The third-order valence-electron chi connectivity index (χ3n) is 2.29. The van der Waals surface area contributed by atoms with Crippen LogP contribution in [0.5, 0.6) is 0 Å². The van der Waals surface area contributed by atoms with Crippen molar-refractivity contribution in [3.63, 3.8) is 0 Å². The SMILES string of the molecule is C=CCOC(=O)C(C(=O)C=Cc1ccccc1)[N+](=O)[O-]. The number of nitro groups is 1. The maximum absolute atomic E-state index is 11.7. The van der Waals surface area contributed by atoms with Crippen molar-refractivity contribution < 1.29 is 19.2 Å². The first-order chi connectivity index (χ1) is 9.56. The van der Waals surface area contributed by atoms with E-state index >= 15 is 0 Å². The summed E-state index contributed by atoms with van der Waals surface area (Å²) in [6.45, 7) is 3.13. The second kappa shape index (κ2) is 7.63. The summed E-state index contributed by atoms with van der Waals surface area (Å²) in [7, 11) is 0. The van der Waals surface area contributed by atoms with Crippen LogP contribution in [-0.4, -0.2) is 29.3 Å². The number of ketones is 1. The van der Waals surface area contributed by atoms with Gasteiger partial charge in [-0.25, -0.2) is 4.79 Å². The van der Waals surface area contributed by atoms with Crippen LogP contribution in [0.25, 0.3) is 6.08 Å². The number of ether oxygens (including phenoxy) is 1. The Labute approximate surface area is 115 Å². The van der Waals surface area contributed by atoms with Crippen molar-refractivity contribution in [2.45, 2.75) is 6.04 Å². The molecule has 0 saturated heterocycles. The molecule has 0 fully saturated rings. The van der Waals surface area contributed by atoms with Crippen molar-refractivity contribution in [3.05, 3.63) is 64.7 Å². The summed E-state index contributed by atoms with van der Waals surface area (Å²) in [6, 6.07) is 6.71. The predicted octanol–water partition coefficient (Wildman–Crippen LogP) is 1.64. The molecular weight excluding hydrogens is 262 g/mol. The van der Waals surface area contributed by atoms with E-state index in [9.17, 15) is 19.7 Å². The molecule has 1 atom stereocenters. The summed E-state index contributed by atoms with van der Waals surface area (Å²) in [6.07, 6.45) is 3.66. The third-order valence-corrected chi connectivity index (χ3v) is 2.29. The highest BCUT2D eigenvalue weighted by Gasteiger charge is 2.37. The number of hydrogen-bond acceptors (Lipinski definition) is 5. The van der Waals surface area contributed by atoms with Crippen LogP contribution in [0, 0.1) is 10.1 Å². The lowest BCUT2D eigenvalue weighted by atomic mass is 10.1. The summed E-state index contributed by atoms with van der Waals surface area (Å²) in [5.74, 6) is -2.13. The lowest BCUT2D eigenvalue weighted by Gasteiger charge is -2.05. The first-order valence-corrected chi connectivity index (χ1v) is 5.74. The first kappa shape index (κ1) is 15.3. The van der Waals surface area contributed by atoms with Gasteiger partial charge >= 0.3 is 12.0 Å². The van der Waals surface area contributed by atoms with E-state index in [4.69, 9.17) is 0 Å². The summed E-state index contributed by atoms with van der Waals surface area (Å²) in [5.41, 5.74) is 0.697. The van der Waals surface area contributed by atoms with Gasteiger partial charge in [0, 0.05) is 4.92 Å². The maximum Gasteiger partial charge on any atom is 0.390 e. The Bertz CT molecular complexity index is 536. The number of carbonyl (C=O) groups excluding carboxylic acids is 2. The van der Waals surface area contributed by atoms with Crippen LogP contribution in [0.4, 0.5) is 0 Å². The topological polar surface area (TPSA) is 86.5 Å². The average Bonchev–Trinajstić information content (AvgIpc) is 2.43. The molecular formula is C14H13NO5. The molecule has 1 aromatic rings. The summed E-state index contributed by atoms with van der Waals surface area (Å²) in [5, 5.41) is 10.8. The van der Waals surface area contributed by atoms with Crippen LogP contribution >= 0.6 is 0 Å². The van der Waals surface area contributed by atoms with Gasteiger partial charge in [-0.3, -0.25) is 14.9 Å². The fourth-order valence-electron chi connectivity index (χ4n) is 1.36. The Morgan fingerprint density at radius 1 is 1.35 bits per heavy atom. The van der Waals surface area contributed by atoms with Crippen molar-refractivity contribution in [3.8, 4) is 0 Å². The van der Waals surface area contributed by atoms with E-state index in [-0.39, 0.29) is 6.61 Å². The molecule has 6 heteroatoms. The van der Waals surface area contributed by atoms with Gasteiger partial charge in [-0.15, -0.1) is 0 Å². The van der Waals surface area contributed by atoms with E-state index in [0.717, 1.165) is 6.08 Å². The molecule has 0 heterocycles. The molecule has 1 aromatic carbocycles. The molecule has 0 radical (unpaired) electrons. The molecule has 1 rings (SSSR count). The van der Waals surface area contributed by atoms with Gasteiger partial charge in [0.25, 0.3) is 0 Å². The van der Waals surface area contributed by atoms with E-state index in [2.05, 4.69) is 11.3 Å². The zero-order valence-corrected chi connectivity index (χ0v) is 10.6. The maximum atomic E-state index is 11.7. The van der Waals surface area contributed by atoms with Crippen molar-refractivity contribution >= 4 is 17.8 Å². The van der Waals surface area contributed by atoms with Gasteiger partial charge in [0.1, 0.15) is 6.61 Å². The summed E-state index contributed by atoms with van der Waals surface area (Å²) < 4.78 is 4.53. The van der Waals surface area contributed by atoms with Crippen LogP contribution in [0.2, 0.25) is 0 Å². The monoisotopic (exact) mass is 275 g/mol. The molecule has 104 valence electrons. The molecule has 1 unspecified atom stereocenters. The van der Waals surface area contributed by atoms with Crippen LogP contribution in [-0.2, 0) is 14.3 Å². The van der Waals surface area contributed by atoms with Crippen LogP contribution < -0.4 is 0 Å². The normalized spacial score (nSPS) is 11.8. The van der Waals surface area contributed by atoms with Gasteiger partial charge < -0.3 is 4.74 Å². The fraction of sp³-hybridized carbons (Fsp3) is 0.143. The Morgan fingerprint density at radius 3 is 2.55 bits per heavy atom. The number of hydrogen-bond donors (Lipinski definition) is 0. The Morgan fingerprint density at radius 2 is 2.00 bits per heavy atom. The quantitative estimate of drug-likeness (QED) is 0.188. The molecule has 0 saturated carbocycles. The minimum atomic E-state index is -2.05. The zero-order valence-electron chi connectivity index (χ0n) is 10.6. The van der Waals surface area contributed by atoms with Crippen molar-refractivity contribution in [2.75, 3.05) is 6.61 Å². The molecule has 0 bridgehead atoms. The highest BCUT2D eigenvalue weighted by atomic mass is 16.6. The Hall–Kier alpha value is -2.76. The lowest BCUT2D eigenvalue weighted by molar-refractivity contribution is -0.495. The van der Waals surface area contributed by atoms with E-state index in [1.807, 2.05) is 0 Å². The first-order valence-electron chi connectivity index (χ1n) is 5.74. The zero-order chi connectivity index (χ0) is 15.0. The van der Waals surface area contributed by atoms with Crippen molar-refractivity contribution in [1.82, 2.24) is 0 Å². The number of benzene rings is 1. The molecule has 6 nitrogen and oxygen atoms in total. The van der Waals surface area contributed by atoms with E-state index in [1.54, 1.807) is 30.3 Å². The lowest BCUT2D eigenvalue weighted by Crippen LogP contribution is -2.38. The van der Waals surface area contributed by atoms with Crippen molar-refractivity contribution in [2.24, 2.45) is 0 Å². The number of carbonyl (C=O) groups is 2. The highest BCUT2D eigenvalue weighted by molar-refractivity contribution is 6.09. The second-order valence-corrected chi connectivity index (χ2v) is 3.75. The second-order valence-electron chi connectivity index (χ2n) is 3.75. The van der Waals surface area contributed by atoms with E-state index in [1.165, 1.54) is 12.2 Å². The minimum absolute atomic E-state index is 0.182. The number of esters is 1. The fourth-order valence-corrected chi connectivity index (χ4v) is 1.36. The average molecular weight is 275 g/mol. The van der Waals surface area contributed by atoms with Crippen LogP contribution in [0.3, 0.4) is 0 Å². The van der Waals surface area contributed by atoms with Crippen LogP contribution in [0.1, 0.15) is 5.56 Å². The Kier molecular flexibility index (Phi) is 5.83. The smallest absolute Gasteiger partial charge is 0.390 e. The number of nitrogens with zero attached hydrogens (tertiary/aromatic N) is 1. The number of rotatable bonds is 7. The standard InChI is InChI=1S/C14H13NO5/c1-2-10-20-14(17)13(15(18)19)12(16)9-8-11-6-4-3-5-7-11/h2-9,13H,1,10H2. The summed E-state index contributed by atoms with van der Waals surface area (Å²) >= 11 is 0. The Balaban J connectivity index is 2.79. The largest absolute Gasteiger partial charge is 0.456 e. The molecule has 0 aromatic heterocycles. The molecule has 0 aliphatic rings. The van der Waals surface area contributed by atoms with Crippen LogP contribution in [0.15, 0.2) is 49.1 Å². The van der Waals surface area contributed by atoms with Gasteiger partial charge in [0.05, 0.1) is 0 Å².